The van der Waals surface area contributed by atoms with E-state index in [4.69, 9.17) is 10.5 Å². The van der Waals surface area contributed by atoms with E-state index in [2.05, 4.69) is 20.9 Å². The number of carbonyl (C=O) groups excluding carboxylic acids is 1. The summed E-state index contributed by atoms with van der Waals surface area (Å²) in [5.41, 5.74) is 5.13. The predicted molar refractivity (Wildman–Crippen MR) is 55.8 cm³/mol. The van der Waals surface area contributed by atoms with Gasteiger partial charge in [0.1, 0.15) is 10.4 Å². The van der Waals surface area contributed by atoms with Crippen LogP contribution in [0.15, 0.2) is 22.9 Å². The smallest absolute Gasteiger partial charge is 0.258 e. The number of hydrogen-bond acceptors (Lipinski definition) is 3. The zero-order valence-corrected chi connectivity index (χ0v) is 9.32. The highest BCUT2D eigenvalue weighted by atomic mass is 79.9. The van der Waals surface area contributed by atoms with Crippen molar-refractivity contribution in [2.45, 2.75) is 19.4 Å². The van der Waals surface area contributed by atoms with Crippen molar-refractivity contribution in [2.75, 3.05) is 0 Å². The Morgan fingerprint density at radius 2 is 2.43 bits per heavy atom. The summed E-state index contributed by atoms with van der Waals surface area (Å²) in [4.78, 5) is 14.8. The van der Waals surface area contributed by atoms with Crippen LogP contribution in [0.4, 0.5) is 0 Å². The van der Waals surface area contributed by atoms with E-state index in [-0.39, 0.29) is 0 Å². The minimum Gasteiger partial charge on any atom is -0.479 e. The zero-order valence-electron chi connectivity index (χ0n) is 7.74. The number of rotatable bonds is 4. The predicted octanol–water partition coefficient (Wildman–Crippen LogP) is 1.49. The number of carbonyl (C=O) groups is 1. The molecule has 0 aromatic carbocycles. The Balaban J connectivity index is 2.67. The lowest BCUT2D eigenvalue weighted by molar-refractivity contribution is -0.124. The molecule has 14 heavy (non-hydrogen) atoms. The molecule has 0 saturated carbocycles. The first-order chi connectivity index (χ1) is 6.63. The Kier molecular flexibility index (Phi) is 3.88. The summed E-state index contributed by atoms with van der Waals surface area (Å²) in [5, 5.41) is 0. The molecule has 0 aliphatic heterocycles. The van der Waals surface area contributed by atoms with Crippen molar-refractivity contribution in [3.63, 3.8) is 0 Å². The van der Waals surface area contributed by atoms with E-state index in [1.54, 1.807) is 12.1 Å². The first kappa shape index (κ1) is 11.0. The van der Waals surface area contributed by atoms with Crippen LogP contribution < -0.4 is 10.5 Å². The van der Waals surface area contributed by atoms with Gasteiger partial charge in [-0.25, -0.2) is 4.98 Å². The first-order valence-electron chi connectivity index (χ1n) is 4.21. The number of amides is 1. The highest BCUT2D eigenvalue weighted by molar-refractivity contribution is 9.10. The van der Waals surface area contributed by atoms with Crippen molar-refractivity contribution in [3.05, 3.63) is 22.9 Å². The molecule has 0 aliphatic carbocycles. The summed E-state index contributed by atoms with van der Waals surface area (Å²) in [7, 11) is 0. The molecule has 1 atom stereocenters. The Bertz CT molecular complexity index is 313. The molecule has 76 valence electrons. The minimum absolute atomic E-state index is 0.463. The van der Waals surface area contributed by atoms with E-state index in [0.717, 1.165) is 4.60 Å². The number of aromatic nitrogens is 1. The van der Waals surface area contributed by atoms with Gasteiger partial charge in [-0.1, -0.05) is 6.92 Å². The number of hydrogen-bond donors (Lipinski definition) is 1. The van der Waals surface area contributed by atoms with Crippen molar-refractivity contribution in [1.82, 2.24) is 4.98 Å². The third kappa shape index (κ3) is 2.99. The average Bonchev–Trinajstić information content (AvgIpc) is 2.16. The SMILES string of the molecule is CCC(Oc1ccc(Br)nc1)C(N)=O. The van der Waals surface area contributed by atoms with Gasteiger partial charge in [-0.2, -0.15) is 0 Å². The Labute approximate surface area is 90.6 Å². The van der Waals surface area contributed by atoms with Gasteiger partial charge < -0.3 is 10.5 Å². The van der Waals surface area contributed by atoms with Crippen molar-refractivity contribution >= 4 is 21.8 Å². The Morgan fingerprint density at radius 3 is 2.86 bits per heavy atom. The minimum atomic E-state index is -0.585. The van der Waals surface area contributed by atoms with Crippen LogP contribution in [0.25, 0.3) is 0 Å². The van der Waals surface area contributed by atoms with Gasteiger partial charge in [0.25, 0.3) is 5.91 Å². The number of nitrogens with zero attached hydrogens (tertiary/aromatic N) is 1. The van der Waals surface area contributed by atoms with Crippen LogP contribution in [0.2, 0.25) is 0 Å². The third-order valence-electron chi connectivity index (χ3n) is 1.67. The molecule has 0 spiro atoms. The summed E-state index contributed by atoms with van der Waals surface area (Å²) in [5.74, 6) is 0.0780. The maximum atomic E-state index is 10.9. The van der Waals surface area contributed by atoms with Gasteiger partial charge in [-0.15, -0.1) is 0 Å². The molecule has 0 saturated heterocycles. The van der Waals surface area contributed by atoms with Crippen LogP contribution in [0.3, 0.4) is 0 Å². The van der Waals surface area contributed by atoms with Crippen LogP contribution in [0.5, 0.6) is 5.75 Å². The molecular weight excluding hydrogens is 248 g/mol. The summed E-state index contributed by atoms with van der Waals surface area (Å²) in [6.07, 6.45) is 1.50. The van der Waals surface area contributed by atoms with Crippen molar-refractivity contribution in [1.29, 1.82) is 0 Å². The van der Waals surface area contributed by atoms with Crippen molar-refractivity contribution in [2.24, 2.45) is 5.73 Å². The monoisotopic (exact) mass is 258 g/mol. The van der Waals surface area contributed by atoms with Gasteiger partial charge in [-0.05, 0) is 34.5 Å². The van der Waals surface area contributed by atoms with Crippen molar-refractivity contribution < 1.29 is 9.53 Å². The summed E-state index contributed by atoms with van der Waals surface area (Å²) in [6, 6.07) is 3.46. The Hall–Kier alpha value is -1.10. The molecule has 2 N–H and O–H groups in total. The number of halogens is 1. The van der Waals surface area contributed by atoms with E-state index in [1.165, 1.54) is 6.20 Å². The summed E-state index contributed by atoms with van der Waals surface area (Å²) >= 11 is 3.20. The average molecular weight is 259 g/mol. The molecule has 1 aromatic heterocycles. The molecular formula is C9H11BrN2O2. The third-order valence-corrected chi connectivity index (χ3v) is 2.14. The van der Waals surface area contributed by atoms with Gasteiger partial charge in [-0.3, -0.25) is 4.79 Å². The van der Waals surface area contributed by atoms with Gasteiger partial charge in [0.05, 0.1) is 6.20 Å². The molecule has 0 bridgehead atoms. The highest BCUT2D eigenvalue weighted by Crippen LogP contribution is 2.14. The lowest BCUT2D eigenvalue weighted by atomic mass is 10.2. The van der Waals surface area contributed by atoms with Crippen molar-refractivity contribution in [3.8, 4) is 5.75 Å². The first-order valence-corrected chi connectivity index (χ1v) is 5.00. The number of nitrogens with two attached hydrogens (primary N) is 1. The normalized spacial score (nSPS) is 12.1. The number of pyridine rings is 1. The highest BCUT2D eigenvalue weighted by Gasteiger charge is 2.14. The van der Waals surface area contributed by atoms with Crippen LogP contribution >= 0.6 is 15.9 Å². The molecule has 1 amide bonds. The number of primary amides is 1. The molecule has 1 unspecified atom stereocenters. The second-order valence-corrected chi connectivity index (χ2v) is 3.55. The van der Waals surface area contributed by atoms with Crippen LogP contribution in [0.1, 0.15) is 13.3 Å². The molecule has 5 heteroatoms. The maximum Gasteiger partial charge on any atom is 0.258 e. The van der Waals surface area contributed by atoms with E-state index >= 15 is 0 Å². The standard InChI is InChI=1S/C9H11BrN2O2/c1-2-7(9(11)13)14-6-3-4-8(10)12-5-6/h3-5,7H,2H2,1H3,(H2,11,13). The molecule has 1 rings (SSSR count). The maximum absolute atomic E-state index is 10.9. The van der Waals surface area contributed by atoms with Gasteiger partial charge in [0.2, 0.25) is 0 Å². The zero-order chi connectivity index (χ0) is 10.6. The van der Waals surface area contributed by atoms with E-state index in [0.29, 0.717) is 12.2 Å². The molecule has 4 nitrogen and oxygen atoms in total. The molecule has 0 aliphatic rings. The lowest BCUT2D eigenvalue weighted by Crippen LogP contribution is -2.32. The van der Waals surface area contributed by atoms with Crippen LogP contribution in [0, 0.1) is 0 Å². The Morgan fingerprint density at radius 1 is 1.71 bits per heavy atom. The second kappa shape index (κ2) is 4.95. The molecule has 0 fully saturated rings. The van der Waals surface area contributed by atoms with Gasteiger partial charge in [0.15, 0.2) is 6.10 Å². The van der Waals surface area contributed by atoms with Crippen LogP contribution in [-0.2, 0) is 4.79 Å². The lowest BCUT2D eigenvalue weighted by Gasteiger charge is -2.13. The second-order valence-electron chi connectivity index (χ2n) is 2.73. The molecule has 1 aromatic rings. The topological polar surface area (TPSA) is 65.2 Å². The van der Waals surface area contributed by atoms with Gasteiger partial charge >= 0.3 is 0 Å². The fraction of sp³-hybridized carbons (Fsp3) is 0.333. The largest absolute Gasteiger partial charge is 0.479 e. The van der Waals surface area contributed by atoms with E-state index < -0.39 is 12.0 Å². The summed E-state index contributed by atoms with van der Waals surface area (Å²) in [6.45, 7) is 1.84. The van der Waals surface area contributed by atoms with E-state index in [9.17, 15) is 4.79 Å². The molecule has 1 heterocycles. The quantitative estimate of drug-likeness (QED) is 0.833. The fourth-order valence-electron chi connectivity index (χ4n) is 0.939. The summed E-state index contributed by atoms with van der Waals surface area (Å²) < 4.78 is 6.04. The number of ether oxygens (including phenoxy) is 1. The fourth-order valence-corrected chi connectivity index (χ4v) is 1.17. The molecule has 0 radical (unpaired) electrons. The van der Waals surface area contributed by atoms with E-state index in [1.807, 2.05) is 6.92 Å². The van der Waals surface area contributed by atoms with Crippen LogP contribution in [-0.4, -0.2) is 17.0 Å². The van der Waals surface area contributed by atoms with Gasteiger partial charge in [0, 0.05) is 0 Å².